The molecule has 0 bridgehead atoms. The molecule has 0 unspecified atom stereocenters. The zero-order valence-corrected chi connectivity index (χ0v) is 14.3. The van der Waals surface area contributed by atoms with Crippen LogP contribution in [0.15, 0.2) is 40.9 Å². The van der Waals surface area contributed by atoms with Gasteiger partial charge in [0.2, 0.25) is 5.91 Å². The molecule has 0 aliphatic carbocycles. The molecule has 1 aliphatic heterocycles. The van der Waals surface area contributed by atoms with Gasteiger partial charge in [-0.25, -0.2) is 13.4 Å². The Morgan fingerprint density at radius 2 is 2.08 bits per heavy atom. The number of hydrogen-bond donors (Lipinski definition) is 0. The molecular formula is C17H20N2O4S. The maximum absolute atomic E-state index is 12.3. The van der Waals surface area contributed by atoms with Crippen molar-refractivity contribution in [2.75, 3.05) is 18.6 Å². The SMILES string of the molecule is CN(C(=O)CCc1ncc(-c2ccccc2)o1)[C@@H]1CCS(=O)(=O)C1. The zero-order chi connectivity index (χ0) is 17.2. The molecule has 1 aromatic carbocycles. The fourth-order valence-electron chi connectivity index (χ4n) is 2.84. The van der Waals surface area contributed by atoms with Crippen molar-refractivity contribution < 1.29 is 17.6 Å². The maximum Gasteiger partial charge on any atom is 0.223 e. The third-order valence-corrected chi connectivity index (χ3v) is 6.06. The van der Waals surface area contributed by atoms with Crippen molar-refractivity contribution in [2.45, 2.75) is 25.3 Å². The average molecular weight is 348 g/mol. The van der Waals surface area contributed by atoms with Gasteiger partial charge in [0, 0.05) is 31.5 Å². The Morgan fingerprint density at radius 1 is 1.33 bits per heavy atom. The first kappa shape index (κ1) is 16.7. The van der Waals surface area contributed by atoms with Crippen LogP contribution in [-0.2, 0) is 21.1 Å². The van der Waals surface area contributed by atoms with E-state index in [4.69, 9.17) is 4.42 Å². The first-order valence-corrected chi connectivity index (χ1v) is 9.73. The number of hydrogen-bond acceptors (Lipinski definition) is 5. The number of rotatable bonds is 5. The maximum atomic E-state index is 12.3. The topological polar surface area (TPSA) is 80.5 Å². The predicted molar refractivity (Wildman–Crippen MR) is 90.1 cm³/mol. The number of aryl methyl sites for hydroxylation is 1. The van der Waals surface area contributed by atoms with Gasteiger partial charge in [-0.2, -0.15) is 0 Å². The summed E-state index contributed by atoms with van der Waals surface area (Å²) in [6.07, 6.45) is 2.82. The normalized spacial score (nSPS) is 19.3. The van der Waals surface area contributed by atoms with E-state index in [2.05, 4.69) is 4.98 Å². The van der Waals surface area contributed by atoms with E-state index in [1.165, 1.54) is 0 Å². The molecule has 2 aromatic rings. The van der Waals surface area contributed by atoms with Gasteiger partial charge in [-0.05, 0) is 6.42 Å². The Hall–Kier alpha value is -2.15. The molecule has 1 atom stereocenters. The molecule has 2 heterocycles. The van der Waals surface area contributed by atoms with Crippen molar-refractivity contribution in [1.82, 2.24) is 9.88 Å². The minimum absolute atomic E-state index is 0.0619. The summed E-state index contributed by atoms with van der Waals surface area (Å²) in [6.45, 7) is 0. The molecular weight excluding hydrogens is 328 g/mol. The smallest absolute Gasteiger partial charge is 0.223 e. The Kier molecular flexibility index (Phi) is 4.71. The number of aromatic nitrogens is 1. The van der Waals surface area contributed by atoms with Crippen LogP contribution in [0.1, 0.15) is 18.7 Å². The number of sulfone groups is 1. The molecule has 128 valence electrons. The lowest BCUT2D eigenvalue weighted by Gasteiger charge is -2.23. The van der Waals surface area contributed by atoms with Gasteiger partial charge < -0.3 is 9.32 Å². The van der Waals surface area contributed by atoms with Crippen LogP contribution >= 0.6 is 0 Å². The summed E-state index contributed by atoms with van der Waals surface area (Å²) < 4.78 is 28.7. The number of carbonyl (C=O) groups is 1. The van der Waals surface area contributed by atoms with Gasteiger partial charge >= 0.3 is 0 Å². The minimum atomic E-state index is -2.99. The lowest BCUT2D eigenvalue weighted by molar-refractivity contribution is -0.131. The predicted octanol–water partition coefficient (Wildman–Crippen LogP) is 1.92. The van der Waals surface area contributed by atoms with Crippen LogP contribution in [0.25, 0.3) is 11.3 Å². The Labute approximate surface area is 141 Å². The molecule has 3 rings (SSSR count). The molecule has 1 saturated heterocycles. The van der Waals surface area contributed by atoms with Gasteiger partial charge in [0.25, 0.3) is 0 Å². The third kappa shape index (κ3) is 3.84. The van der Waals surface area contributed by atoms with E-state index in [9.17, 15) is 13.2 Å². The van der Waals surface area contributed by atoms with Gasteiger partial charge in [0.1, 0.15) is 0 Å². The van der Waals surface area contributed by atoms with E-state index >= 15 is 0 Å². The van der Waals surface area contributed by atoms with Gasteiger partial charge in [-0.15, -0.1) is 0 Å². The van der Waals surface area contributed by atoms with Gasteiger partial charge in [0.05, 0.1) is 17.7 Å². The second-order valence-electron chi connectivity index (χ2n) is 6.05. The number of oxazole rings is 1. The molecule has 0 saturated carbocycles. The van der Waals surface area contributed by atoms with Crippen molar-refractivity contribution in [3.8, 4) is 11.3 Å². The summed E-state index contributed by atoms with van der Waals surface area (Å²) in [7, 11) is -1.33. The molecule has 1 aromatic heterocycles. The van der Waals surface area contributed by atoms with Crippen LogP contribution in [0.5, 0.6) is 0 Å². The van der Waals surface area contributed by atoms with Crippen LogP contribution in [0, 0.1) is 0 Å². The van der Waals surface area contributed by atoms with Gasteiger partial charge in [-0.1, -0.05) is 30.3 Å². The quantitative estimate of drug-likeness (QED) is 0.825. The van der Waals surface area contributed by atoms with E-state index in [1.54, 1.807) is 18.1 Å². The minimum Gasteiger partial charge on any atom is -0.441 e. The fraction of sp³-hybridized carbons (Fsp3) is 0.412. The van der Waals surface area contributed by atoms with Crippen LogP contribution in [0.4, 0.5) is 0 Å². The van der Waals surface area contributed by atoms with Gasteiger partial charge in [0.15, 0.2) is 21.5 Å². The van der Waals surface area contributed by atoms with Crippen LogP contribution in [-0.4, -0.2) is 48.8 Å². The molecule has 0 spiro atoms. The number of benzene rings is 1. The second kappa shape index (κ2) is 6.76. The van der Waals surface area contributed by atoms with E-state index < -0.39 is 9.84 Å². The highest BCUT2D eigenvalue weighted by molar-refractivity contribution is 7.91. The summed E-state index contributed by atoms with van der Waals surface area (Å²) in [5.41, 5.74) is 0.941. The lowest BCUT2D eigenvalue weighted by Crippen LogP contribution is -2.37. The van der Waals surface area contributed by atoms with Crippen molar-refractivity contribution >= 4 is 15.7 Å². The molecule has 24 heavy (non-hydrogen) atoms. The summed E-state index contributed by atoms with van der Waals surface area (Å²) in [5.74, 6) is 1.32. The Morgan fingerprint density at radius 3 is 2.75 bits per heavy atom. The molecule has 1 aliphatic rings. The van der Waals surface area contributed by atoms with E-state index in [1.807, 2.05) is 30.3 Å². The summed E-state index contributed by atoms with van der Waals surface area (Å²) in [6, 6.07) is 9.43. The highest BCUT2D eigenvalue weighted by atomic mass is 32.2. The Bertz CT molecular complexity index is 814. The zero-order valence-electron chi connectivity index (χ0n) is 13.5. The fourth-order valence-corrected chi connectivity index (χ4v) is 4.61. The average Bonchev–Trinajstić information content (AvgIpc) is 3.19. The number of nitrogens with zero attached hydrogens (tertiary/aromatic N) is 2. The molecule has 1 amide bonds. The van der Waals surface area contributed by atoms with Crippen LogP contribution in [0.3, 0.4) is 0 Å². The summed E-state index contributed by atoms with van der Waals surface area (Å²) >= 11 is 0. The van der Waals surface area contributed by atoms with E-state index in [-0.39, 0.29) is 29.9 Å². The lowest BCUT2D eigenvalue weighted by atomic mass is 10.2. The number of amides is 1. The molecule has 7 heteroatoms. The van der Waals surface area contributed by atoms with E-state index in [0.29, 0.717) is 24.5 Å². The Balaban J connectivity index is 1.56. The molecule has 0 N–H and O–H groups in total. The van der Waals surface area contributed by atoms with Crippen molar-refractivity contribution in [3.63, 3.8) is 0 Å². The van der Waals surface area contributed by atoms with Crippen molar-refractivity contribution in [1.29, 1.82) is 0 Å². The third-order valence-electron chi connectivity index (χ3n) is 4.31. The molecule has 0 radical (unpaired) electrons. The first-order chi connectivity index (χ1) is 11.4. The van der Waals surface area contributed by atoms with Crippen LogP contribution < -0.4 is 0 Å². The number of carbonyl (C=O) groups excluding carboxylic acids is 1. The van der Waals surface area contributed by atoms with Crippen LogP contribution in [0.2, 0.25) is 0 Å². The molecule has 6 nitrogen and oxygen atoms in total. The summed E-state index contributed by atoms with van der Waals surface area (Å²) in [5, 5.41) is 0. The standard InChI is InChI=1S/C17H20N2O4S/c1-19(14-9-10-24(21,22)12-14)17(20)8-7-16-18-11-15(23-16)13-5-3-2-4-6-13/h2-6,11,14H,7-10,12H2,1H3/t14-/m1/s1. The highest BCUT2D eigenvalue weighted by Gasteiger charge is 2.32. The monoisotopic (exact) mass is 348 g/mol. The molecule has 1 fully saturated rings. The first-order valence-electron chi connectivity index (χ1n) is 7.91. The van der Waals surface area contributed by atoms with Gasteiger partial charge in [-0.3, -0.25) is 4.79 Å². The summed E-state index contributed by atoms with van der Waals surface area (Å²) in [4.78, 5) is 18.0. The van der Waals surface area contributed by atoms with E-state index in [0.717, 1.165) is 5.56 Å². The van der Waals surface area contributed by atoms with Crippen molar-refractivity contribution in [3.05, 3.63) is 42.4 Å². The second-order valence-corrected chi connectivity index (χ2v) is 8.27. The largest absolute Gasteiger partial charge is 0.441 e. The van der Waals surface area contributed by atoms with Crippen molar-refractivity contribution in [2.24, 2.45) is 0 Å². The highest BCUT2D eigenvalue weighted by Crippen LogP contribution is 2.21.